The number of thiophene rings is 1. The zero-order chi connectivity index (χ0) is 15.4. The number of hydrogen-bond acceptors (Lipinski definition) is 4. The molecule has 0 spiro atoms. The second-order valence-electron chi connectivity index (χ2n) is 4.88. The van der Waals surface area contributed by atoms with Crippen LogP contribution in [0, 0.1) is 25.5 Å². The van der Waals surface area contributed by atoms with E-state index >= 15 is 0 Å². The van der Waals surface area contributed by atoms with Crippen molar-refractivity contribution in [3.8, 4) is 0 Å². The SMILES string of the molecule is CCCNc1nc(NCc2cc(C)c(C)s2)c(F)cc1F. The number of nitrogens with zero attached hydrogens (tertiary/aromatic N) is 1. The van der Waals surface area contributed by atoms with Gasteiger partial charge in [0.2, 0.25) is 0 Å². The number of nitrogens with one attached hydrogen (secondary N) is 2. The molecule has 0 amide bonds. The Balaban J connectivity index is 2.11. The molecule has 21 heavy (non-hydrogen) atoms. The molecule has 0 aliphatic heterocycles. The van der Waals surface area contributed by atoms with Crippen LogP contribution in [-0.4, -0.2) is 11.5 Å². The highest BCUT2D eigenvalue weighted by Crippen LogP contribution is 2.23. The minimum absolute atomic E-state index is 0.0682. The zero-order valence-electron chi connectivity index (χ0n) is 12.4. The number of rotatable bonds is 6. The highest BCUT2D eigenvalue weighted by molar-refractivity contribution is 7.12. The van der Waals surface area contributed by atoms with E-state index in [0.29, 0.717) is 13.1 Å². The van der Waals surface area contributed by atoms with E-state index in [1.165, 1.54) is 10.4 Å². The van der Waals surface area contributed by atoms with Crippen molar-refractivity contribution in [1.82, 2.24) is 4.98 Å². The quantitative estimate of drug-likeness (QED) is 0.826. The fourth-order valence-electron chi connectivity index (χ4n) is 1.87. The van der Waals surface area contributed by atoms with Crippen LogP contribution in [0.2, 0.25) is 0 Å². The standard InChI is InChI=1S/C15H19F2N3S/c1-4-5-18-14-12(16)7-13(17)15(20-14)19-8-11-6-9(2)10(3)21-11/h6-7H,4-5,8H2,1-3H3,(H2,18,19,20). The van der Waals surface area contributed by atoms with Crippen LogP contribution in [0.5, 0.6) is 0 Å². The summed E-state index contributed by atoms with van der Waals surface area (Å²) in [6.07, 6.45) is 0.842. The van der Waals surface area contributed by atoms with Gasteiger partial charge in [0.15, 0.2) is 23.3 Å². The molecule has 0 fully saturated rings. The third-order valence-corrected chi connectivity index (χ3v) is 4.27. The lowest BCUT2D eigenvalue weighted by Gasteiger charge is -2.10. The average Bonchev–Trinajstić information content (AvgIpc) is 2.76. The summed E-state index contributed by atoms with van der Waals surface area (Å²) in [5.41, 5.74) is 1.22. The first-order valence-corrected chi connectivity index (χ1v) is 7.72. The van der Waals surface area contributed by atoms with Crippen LogP contribution in [0.4, 0.5) is 20.4 Å². The van der Waals surface area contributed by atoms with Crippen LogP contribution in [-0.2, 0) is 6.54 Å². The predicted molar refractivity (Wildman–Crippen MR) is 84.1 cm³/mol. The summed E-state index contributed by atoms with van der Waals surface area (Å²) >= 11 is 1.66. The van der Waals surface area contributed by atoms with Crippen LogP contribution in [0.1, 0.15) is 28.7 Å². The highest BCUT2D eigenvalue weighted by Gasteiger charge is 2.12. The Kier molecular flexibility index (Phi) is 5.12. The number of anilines is 2. The Morgan fingerprint density at radius 3 is 2.33 bits per heavy atom. The number of hydrogen-bond donors (Lipinski definition) is 2. The number of halogens is 2. The molecule has 2 aromatic heterocycles. The van der Waals surface area contributed by atoms with E-state index in [-0.39, 0.29) is 11.6 Å². The average molecular weight is 311 g/mol. The van der Waals surface area contributed by atoms with Gasteiger partial charge in [0.25, 0.3) is 0 Å². The van der Waals surface area contributed by atoms with Crippen molar-refractivity contribution in [2.75, 3.05) is 17.2 Å². The summed E-state index contributed by atoms with van der Waals surface area (Å²) in [5, 5.41) is 5.78. The van der Waals surface area contributed by atoms with Gasteiger partial charge in [-0.05, 0) is 31.9 Å². The van der Waals surface area contributed by atoms with Crippen molar-refractivity contribution in [3.63, 3.8) is 0 Å². The van der Waals surface area contributed by atoms with Gasteiger partial charge in [-0.3, -0.25) is 0 Å². The van der Waals surface area contributed by atoms with Gasteiger partial charge in [-0.25, -0.2) is 13.8 Å². The first-order chi connectivity index (χ1) is 10.0. The summed E-state index contributed by atoms with van der Waals surface area (Å²) in [6, 6.07) is 2.92. The second-order valence-corrected chi connectivity index (χ2v) is 6.22. The fraction of sp³-hybridized carbons (Fsp3) is 0.400. The van der Waals surface area contributed by atoms with Crippen molar-refractivity contribution in [2.24, 2.45) is 0 Å². The maximum Gasteiger partial charge on any atom is 0.168 e. The van der Waals surface area contributed by atoms with Crippen LogP contribution in [0.3, 0.4) is 0 Å². The second kappa shape index (κ2) is 6.85. The molecule has 6 heteroatoms. The summed E-state index contributed by atoms with van der Waals surface area (Å²) in [4.78, 5) is 6.32. The van der Waals surface area contributed by atoms with Crippen LogP contribution >= 0.6 is 11.3 Å². The molecule has 0 saturated carbocycles. The lowest BCUT2D eigenvalue weighted by atomic mass is 10.3. The lowest BCUT2D eigenvalue weighted by Crippen LogP contribution is -2.09. The molecule has 0 radical (unpaired) electrons. The van der Waals surface area contributed by atoms with E-state index in [1.54, 1.807) is 11.3 Å². The van der Waals surface area contributed by atoms with Crippen molar-refractivity contribution in [1.29, 1.82) is 0 Å². The molecular formula is C15H19F2N3S. The van der Waals surface area contributed by atoms with Crippen LogP contribution in [0.25, 0.3) is 0 Å². The molecule has 2 N–H and O–H groups in total. The van der Waals surface area contributed by atoms with Gasteiger partial charge in [-0.1, -0.05) is 6.92 Å². The zero-order valence-corrected chi connectivity index (χ0v) is 13.2. The van der Waals surface area contributed by atoms with Gasteiger partial charge in [0.1, 0.15) is 0 Å². The lowest BCUT2D eigenvalue weighted by molar-refractivity contribution is 0.578. The van der Waals surface area contributed by atoms with E-state index in [0.717, 1.165) is 17.4 Å². The Morgan fingerprint density at radius 2 is 1.76 bits per heavy atom. The predicted octanol–water partition coefficient (Wildman–Crippen LogP) is 4.47. The molecule has 3 nitrogen and oxygen atoms in total. The molecule has 0 atom stereocenters. The van der Waals surface area contributed by atoms with Gasteiger partial charge >= 0.3 is 0 Å². The molecule has 0 aliphatic carbocycles. The summed E-state index contributed by atoms with van der Waals surface area (Å²) < 4.78 is 27.3. The molecule has 0 unspecified atom stereocenters. The number of aromatic nitrogens is 1. The van der Waals surface area contributed by atoms with Crippen molar-refractivity contribution in [3.05, 3.63) is 39.1 Å². The van der Waals surface area contributed by atoms with E-state index < -0.39 is 11.6 Å². The largest absolute Gasteiger partial charge is 0.368 e. The Labute approximate surface area is 127 Å². The van der Waals surface area contributed by atoms with Gasteiger partial charge in [-0.2, -0.15) is 0 Å². The molecule has 2 rings (SSSR count). The third-order valence-electron chi connectivity index (χ3n) is 3.12. The van der Waals surface area contributed by atoms with Crippen LogP contribution in [0.15, 0.2) is 12.1 Å². The molecule has 2 heterocycles. The summed E-state index contributed by atoms with van der Waals surface area (Å²) in [5.74, 6) is -1.20. The van der Waals surface area contributed by atoms with Gasteiger partial charge < -0.3 is 10.6 Å². The molecule has 2 aromatic rings. The fourth-order valence-corrected chi connectivity index (χ4v) is 2.86. The molecule has 0 bridgehead atoms. The monoisotopic (exact) mass is 311 g/mol. The molecule has 0 aliphatic rings. The van der Waals surface area contributed by atoms with Gasteiger partial charge in [-0.15, -0.1) is 11.3 Å². The molecular weight excluding hydrogens is 292 g/mol. The van der Waals surface area contributed by atoms with Gasteiger partial charge in [0, 0.05) is 22.4 Å². The molecule has 114 valence electrons. The van der Waals surface area contributed by atoms with E-state index in [1.807, 2.05) is 20.8 Å². The minimum Gasteiger partial charge on any atom is -0.368 e. The first-order valence-electron chi connectivity index (χ1n) is 6.91. The molecule has 0 aromatic carbocycles. The van der Waals surface area contributed by atoms with E-state index in [9.17, 15) is 8.78 Å². The topological polar surface area (TPSA) is 37.0 Å². The Hall–Kier alpha value is -1.69. The Bertz CT molecular complexity index is 606. The third kappa shape index (κ3) is 3.91. The Morgan fingerprint density at radius 1 is 1.10 bits per heavy atom. The normalized spacial score (nSPS) is 10.7. The van der Waals surface area contributed by atoms with Crippen LogP contribution < -0.4 is 10.6 Å². The first kappa shape index (κ1) is 15.7. The number of pyridine rings is 1. The summed E-state index contributed by atoms with van der Waals surface area (Å²) in [7, 11) is 0. The van der Waals surface area contributed by atoms with Crippen molar-refractivity contribution < 1.29 is 8.78 Å². The maximum atomic E-state index is 13.8. The maximum absolute atomic E-state index is 13.8. The highest BCUT2D eigenvalue weighted by atomic mass is 32.1. The number of aryl methyl sites for hydroxylation is 2. The molecule has 0 saturated heterocycles. The minimum atomic E-state index is -0.681. The smallest absolute Gasteiger partial charge is 0.168 e. The van der Waals surface area contributed by atoms with Crippen molar-refractivity contribution in [2.45, 2.75) is 33.7 Å². The van der Waals surface area contributed by atoms with Crippen molar-refractivity contribution >= 4 is 23.0 Å². The van der Waals surface area contributed by atoms with E-state index in [4.69, 9.17) is 0 Å². The summed E-state index contributed by atoms with van der Waals surface area (Å²) in [6.45, 7) is 7.13. The van der Waals surface area contributed by atoms with E-state index in [2.05, 4.69) is 21.7 Å². The van der Waals surface area contributed by atoms with Gasteiger partial charge in [0.05, 0.1) is 6.54 Å².